The maximum Gasteiger partial charge on any atom is 0.337 e. The van der Waals surface area contributed by atoms with Crippen LogP contribution in [-0.2, 0) is 18.3 Å². The van der Waals surface area contributed by atoms with Crippen molar-refractivity contribution in [2.75, 3.05) is 12.4 Å². The van der Waals surface area contributed by atoms with E-state index in [0.29, 0.717) is 22.8 Å². The fourth-order valence-corrected chi connectivity index (χ4v) is 1.85. The summed E-state index contributed by atoms with van der Waals surface area (Å²) in [5, 5.41) is 7.81. The van der Waals surface area contributed by atoms with E-state index >= 15 is 0 Å². The van der Waals surface area contributed by atoms with Crippen LogP contribution in [0.25, 0.3) is 0 Å². The number of nitrogens with zero attached hydrogens (tertiary/aromatic N) is 2. The Morgan fingerprint density at radius 3 is 2.89 bits per heavy atom. The van der Waals surface area contributed by atoms with Gasteiger partial charge >= 0.3 is 5.97 Å². The number of hydrogen-bond donors (Lipinski definition) is 1. The molecular weight excluding hydrogens is 266 g/mol. The molecule has 0 bridgehead atoms. The Bertz CT molecular complexity index is 595. The first-order valence-corrected chi connectivity index (χ1v) is 6.08. The molecule has 0 saturated carbocycles. The fourth-order valence-electron chi connectivity index (χ4n) is 1.67. The average Bonchev–Trinajstić information content (AvgIpc) is 2.82. The van der Waals surface area contributed by atoms with Crippen molar-refractivity contribution in [1.82, 2.24) is 9.78 Å². The zero-order chi connectivity index (χ0) is 13.8. The third kappa shape index (κ3) is 3.06. The third-order valence-corrected chi connectivity index (χ3v) is 3.10. The van der Waals surface area contributed by atoms with Crippen LogP contribution in [0.15, 0.2) is 30.5 Å². The first-order chi connectivity index (χ1) is 9.11. The molecule has 2 aromatic rings. The summed E-state index contributed by atoms with van der Waals surface area (Å²) in [6.07, 6.45) is 1.73. The van der Waals surface area contributed by atoms with Gasteiger partial charge in [-0.1, -0.05) is 11.6 Å². The minimum absolute atomic E-state index is 0.389. The number of aromatic nitrogens is 2. The van der Waals surface area contributed by atoms with E-state index in [9.17, 15) is 4.79 Å². The summed E-state index contributed by atoms with van der Waals surface area (Å²) in [5.41, 5.74) is 2.16. The van der Waals surface area contributed by atoms with Crippen LogP contribution >= 0.6 is 11.6 Å². The molecule has 0 aliphatic carbocycles. The Hall–Kier alpha value is -2.01. The van der Waals surface area contributed by atoms with Gasteiger partial charge in [-0.3, -0.25) is 4.68 Å². The van der Waals surface area contributed by atoms with Crippen molar-refractivity contribution < 1.29 is 9.53 Å². The summed E-state index contributed by atoms with van der Waals surface area (Å²) in [6, 6.07) is 6.87. The van der Waals surface area contributed by atoms with Gasteiger partial charge in [-0.05, 0) is 24.3 Å². The number of esters is 1. The summed E-state index contributed by atoms with van der Waals surface area (Å²) in [4.78, 5) is 11.5. The molecule has 1 aromatic carbocycles. The average molecular weight is 280 g/mol. The lowest BCUT2D eigenvalue weighted by molar-refractivity contribution is 0.0601. The zero-order valence-electron chi connectivity index (χ0n) is 10.7. The molecule has 0 aliphatic heterocycles. The van der Waals surface area contributed by atoms with E-state index in [1.807, 2.05) is 13.1 Å². The van der Waals surface area contributed by atoms with E-state index in [4.69, 9.17) is 11.6 Å². The second kappa shape index (κ2) is 5.75. The van der Waals surface area contributed by atoms with E-state index < -0.39 is 0 Å². The largest absolute Gasteiger partial charge is 0.465 e. The van der Waals surface area contributed by atoms with E-state index in [1.54, 1.807) is 29.1 Å². The Balaban J connectivity index is 2.15. The van der Waals surface area contributed by atoms with Gasteiger partial charge in [-0.15, -0.1) is 0 Å². The number of aryl methyl sites for hydroxylation is 1. The van der Waals surface area contributed by atoms with Gasteiger partial charge in [0.15, 0.2) is 0 Å². The molecule has 2 rings (SSSR count). The molecule has 0 spiro atoms. The van der Waals surface area contributed by atoms with Gasteiger partial charge in [-0.25, -0.2) is 4.79 Å². The molecule has 0 fully saturated rings. The topological polar surface area (TPSA) is 56.1 Å². The number of carbonyl (C=O) groups excluding carboxylic acids is 1. The molecule has 0 aliphatic rings. The van der Waals surface area contributed by atoms with Crippen LogP contribution in [0.1, 0.15) is 16.1 Å². The Kier molecular flexibility index (Phi) is 4.06. The highest BCUT2D eigenvalue weighted by molar-refractivity contribution is 6.33. The van der Waals surface area contributed by atoms with Gasteiger partial charge in [0, 0.05) is 13.2 Å². The van der Waals surface area contributed by atoms with Gasteiger partial charge in [-0.2, -0.15) is 5.10 Å². The summed E-state index contributed by atoms with van der Waals surface area (Å²) in [6.45, 7) is 0.570. The second-order valence-corrected chi connectivity index (χ2v) is 4.39. The number of anilines is 1. The smallest absolute Gasteiger partial charge is 0.337 e. The Morgan fingerprint density at radius 2 is 2.26 bits per heavy atom. The number of halogens is 1. The molecule has 5 nitrogen and oxygen atoms in total. The number of carbonyl (C=O) groups is 1. The normalized spacial score (nSPS) is 10.3. The van der Waals surface area contributed by atoms with Crippen LogP contribution in [0.4, 0.5) is 5.69 Å². The lowest BCUT2D eigenvalue weighted by Crippen LogP contribution is -2.07. The van der Waals surface area contributed by atoms with Crippen LogP contribution in [0.2, 0.25) is 5.02 Å². The SMILES string of the molecule is COC(=O)c1ccc(Cl)c(NCc2ccnn2C)c1. The van der Waals surface area contributed by atoms with Gasteiger partial charge in [0.2, 0.25) is 0 Å². The second-order valence-electron chi connectivity index (χ2n) is 3.99. The van der Waals surface area contributed by atoms with Crippen molar-refractivity contribution in [3.05, 3.63) is 46.7 Å². The lowest BCUT2D eigenvalue weighted by atomic mass is 10.2. The van der Waals surface area contributed by atoms with Gasteiger partial charge in [0.1, 0.15) is 0 Å². The first-order valence-electron chi connectivity index (χ1n) is 5.70. The van der Waals surface area contributed by atoms with Crippen LogP contribution in [0, 0.1) is 0 Å². The minimum Gasteiger partial charge on any atom is -0.465 e. The summed E-state index contributed by atoms with van der Waals surface area (Å²) >= 11 is 6.09. The van der Waals surface area contributed by atoms with E-state index in [1.165, 1.54) is 7.11 Å². The lowest BCUT2D eigenvalue weighted by Gasteiger charge is -2.10. The van der Waals surface area contributed by atoms with Gasteiger partial charge in [0.25, 0.3) is 0 Å². The minimum atomic E-state index is -0.389. The molecule has 0 unspecified atom stereocenters. The van der Waals surface area contributed by atoms with Crippen molar-refractivity contribution in [3.8, 4) is 0 Å². The Morgan fingerprint density at radius 1 is 1.47 bits per heavy atom. The van der Waals surface area contributed by atoms with E-state index in [-0.39, 0.29) is 5.97 Å². The van der Waals surface area contributed by atoms with Crippen molar-refractivity contribution in [1.29, 1.82) is 0 Å². The highest BCUT2D eigenvalue weighted by atomic mass is 35.5. The molecule has 1 N–H and O–H groups in total. The van der Waals surface area contributed by atoms with Crippen molar-refractivity contribution >= 4 is 23.3 Å². The first kappa shape index (κ1) is 13.4. The maximum atomic E-state index is 11.5. The molecule has 0 radical (unpaired) electrons. The molecule has 0 amide bonds. The third-order valence-electron chi connectivity index (χ3n) is 2.77. The number of rotatable bonds is 4. The summed E-state index contributed by atoms with van der Waals surface area (Å²) in [7, 11) is 3.21. The van der Waals surface area contributed by atoms with Crippen LogP contribution in [0.3, 0.4) is 0 Å². The quantitative estimate of drug-likeness (QED) is 0.874. The summed E-state index contributed by atoms with van der Waals surface area (Å²) in [5.74, 6) is -0.389. The molecule has 1 heterocycles. The van der Waals surface area contributed by atoms with Crippen LogP contribution in [0.5, 0.6) is 0 Å². The van der Waals surface area contributed by atoms with Gasteiger partial charge < -0.3 is 10.1 Å². The molecule has 19 heavy (non-hydrogen) atoms. The molecule has 0 saturated heterocycles. The van der Waals surface area contributed by atoms with Crippen LogP contribution in [-0.4, -0.2) is 22.9 Å². The van der Waals surface area contributed by atoms with Crippen LogP contribution < -0.4 is 5.32 Å². The molecule has 1 aromatic heterocycles. The molecule has 6 heteroatoms. The van der Waals surface area contributed by atoms with E-state index in [0.717, 1.165) is 5.69 Å². The number of hydrogen-bond acceptors (Lipinski definition) is 4. The molecule has 100 valence electrons. The highest BCUT2D eigenvalue weighted by Gasteiger charge is 2.09. The molecule has 0 atom stereocenters. The number of methoxy groups -OCH3 is 1. The number of nitrogens with one attached hydrogen (secondary N) is 1. The van der Waals surface area contributed by atoms with Crippen molar-refractivity contribution in [2.24, 2.45) is 7.05 Å². The van der Waals surface area contributed by atoms with Crippen molar-refractivity contribution in [2.45, 2.75) is 6.54 Å². The van der Waals surface area contributed by atoms with Gasteiger partial charge in [0.05, 0.1) is 35.6 Å². The van der Waals surface area contributed by atoms with Crippen molar-refractivity contribution in [3.63, 3.8) is 0 Å². The summed E-state index contributed by atoms with van der Waals surface area (Å²) < 4.78 is 6.45. The maximum absolute atomic E-state index is 11.5. The standard InChI is InChI=1S/C13H14ClN3O2/c1-17-10(5-6-16-17)8-15-12-7-9(13(18)19-2)3-4-11(12)14/h3-7,15H,8H2,1-2H3. The zero-order valence-corrected chi connectivity index (χ0v) is 11.4. The Labute approximate surface area is 116 Å². The van der Waals surface area contributed by atoms with E-state index in [2.05, 4.69) is 15.2 Å². The predicted octanol–water partition coefficient (Wildman–Crippen LogP) is 2.47. The highest BCUT2D eigenvalue weighted by Crippen LogP contribution is 2.24. The number of ether oxygens (including phenoxy) is 1. The number of benzene rings is 1. The monoisotopic (exact) mass is 279 g/mol. The predicted molar refractivity (Wildman–Crippen MR) is 73.3 cm³/mol. The fraction of sp³-hybridized carbons (Fsp3) is 0.231. The molecular formula is C13H14ClN3O2.